The van der Waals surface area contributed by atoms with Crippen molar-refractivity contribution < 1.29 is 0 Å². The van der Waals surface area contributed by atoms with Gasteiger partial charge in [0.2, 0.25) is 0 Å². The maximum atomic E-state index is 7.26. The lowest BCUT2D eigenvalue weighted by Crippen LogP contribution is -2.82. The maximum Gasteiger partial charge on any atom is 0.181 e. The zero-order chi connectivity index (χ0) is 40.9. The van der Waals surface area contributed by atoms with E-state index >= 15 is 0 Å². The molecule has 1 spiro atoms. The van der Waals surface area contributed by atoms with Crippen LogP contribution >= 0.6 is 6.04 Å². The van der Waals surface area contributed by atoms with Crippen LogP contribution in [0.3, 0.4) is 0 Å². The molecule has 0 saturated carbocycles. The van der Waals surface area contributed by atoms with Crippen LogP contribution in [0, 0.1) is 13.8 Å². The summed E-state index contributed by atoms with van der Waals surface area (Å²) in [6.07, 6.45) is 0. The second-order valence-corrected chi connectivity index (χ2v) is 25.2. The summed E-state index contributed by atoms with van der Waals surface area (Å²) in [6.45, 7) is 4.52. The average molecular weight is 831 g/mol. The van der Waals surface area contributed by atoms with Gasteiger partial charge in [0, 0.05) is 12.0 Å². The third-order valence-corrected chi connectivity index (χ3v) is 24.3. The van der Waals surface area contributed by atoms with E-state index in [9.17, 15) is 0 Å². The summed E-state index contributed by atoms with van der Waals surface area (Å²) in [4.78, 5) is 0. The van der Waals surface area contributed by atoms with Crippen molar-refractivity contribution in [3.8, 4) is 11.1 Å². The Kier molecular flexibility index (Phi) is 8.23. The standard InChI is InChI=1S/C58H43PSSi/c1-39-30-33-47-51(36-39)58(49-26-14-12-24-45(49)46-25-13-15-27-50(46)58)52-37-40(2)31-34-48(52)57(47)41-32-35-54-56(38-41)61(43-20-8-4-9-21-43,44-22-10-5-11-23-44)55-29-17-16-28-53(55)59(54,60)42-18-6-3-7-19-42/h3-38,57H,1-2H3. The molecule has 0 nitrogen and oxygen atoms in total. The molecule has 3 aliphatic rings. The number of fused-ring (bicyclic) bond motifs is 11. The van der Waals surface area contributed by atoms with E-state index in [1.165, 1.54) is 97.9 Å². The van der Waals surface area contributed by atoms with E-state index in [-0.39, 0.29) is 5.92 Å². The van der Waals surface area contributed by atoms with Crippen LogP contribution in [0.2, 0.25) is 0 Å². The molecule has 3 heteroatoms. The molecule has 1 aliphatic heterocycles. The Bertz CT molecular complexity index is 3120. The Labute approximate surface area is 365 Å². The Morgan fingerprint density at radius 2 is 0.902 bits per heavy atom. The number of hydrogen-bond donors (Lipinski definition) is 0. The third-order valence-electron chi connectivity index (χ3n) is 14.1. The molecule has 0 fully saturated rings. The largest absolute Gasteiger partial charge is 0.181 e. The summed E-state index contributed by atoms with van der Waals surface area (Å²) in [7, 11) is -2.96. The van der Waals surface area contributed by atoms with Gasteiger partial charge < -0.3 is 0 Å². The zero-order valence-corrected chi connectivity index (χ0v) is 36.9. The van der Waals surface area contributed by atoms with Crippen LogP contribution < -0.4 is 36.7 Å². The monoisotopic (exact) mass is 830 g/mol. The molecule has 9 aromatic carbocycles. The van der Waals surface area contributed by atoms with Crippen molar-refractivity contribution in [2.24, 2.45) is 0 Å². The molecule has 0 bridgehead atoms. The van der Waals surface area contributed by atoms with Crippen LogP contribution in [0.5, 0.6) is 0 Å². The van der Waals surface area contributed by atoms with Gasteiger partial charge in [0.15, 0.2) is 8.07 Å². The van der Waals surface area contributed by atoms with Crippen molar-refractivity contribution in [2.45, 2.75) is 25.2 Å². The Morgan fingerprint density at radius 1 is 0.426 bits per heavy atom. The van der Waals surface area contributed by atoms with Gasteiger partial charge in [0.25, 0.3) is 0 Å². The van der Waals surface area contributed by atoms with Gasteiger partial charge in [0.1, 0.15) is 0 Å². The Morgan fingerprint density at radius 3 is 1.48 bits per heavy atom. The molecular weight excluding hydrogens is 788 g/mol. The van der Waals surface area contributed by atoms with Gasteiger partial charge in [-0.3, -0.25) is 0 Å². The van der Waals surface area contributed by atoms with Gasteiger partial charge >= 0.3 is 0 Å². The van der Waals surface area contributed by atoms with Gasteiger partial charge in [-0.25, -0.2) is 0 Å². The van der Waals surface area contributed by atoms with Crippen LogP contribution in [-0.2, 0) is 17.2 Å². The molecule has 0 amide bonds. The highest BCUT2D eigenvalue weighted by Gasteiger charge is 2.54. The van der Waals surface area contributed by atoms with Gasteiger partial charge in [-0.05, 0) is 101 Å². The highest BCUT2D eigenvalue weighted by atomic mass is 32.4. The lowest BCUT2D eigenvalue weighted by atomic mass is 9.58. The van der Waals surface area contributed by atoms with Crippen molar-refractivity contribution in [2.75, 3.05) is 0 Å². The van der Waals surface area contributed by atoms with Crippen molar-refractivity contribution in [3.63, 3.8) is 0 Å². The quantitative estimate of drug-likeness (QED) is 0.126. The van der Waals surface area contributed by atoms with Crippen LogP contribution in [-0.4, -0.2) is 8.07 Å². The minimum Gasteiger partial charge on any atom is -0.0826 e. The van der Waals surface area contributed by atoms with Crippen LogP contribution in [0.1, 0.15) is 56.0 Å². The number of rotatable bonds is 4. The number of hydrogen-bond acceptors (Lipinski definition) is 1. The lowest BCUT2D eigenvalue weighted by molar-refractivity contribution is 0.695. The van der Waals surface area contributed by atoms with Crippen molar-refractivity contribution in [1.29, 1.82) is 0 Å². The summed E-state index contributed by atoms with van der Waals surface area (Å²) in [5.74, 6) is 0.00652. The minimum absolute atomic E-state index is 0.00652. The molecule has 1 unspecified atom stereocenters. The van der Waals surface area contributed by atoms with E-state index in [0.717, 1.165) is 0 Å². The van der Waals surface area contributed by atoms with Crippen LogP contribution in [0.25, 0.3) is 11.1 Å². The van der Waals surface area contributed by atoms with E-state index in [2.05, 4.69) is 232 Å². The van der Waals surface area contributed by atoms with E-state index in [1.54, 1.807) is 0 Å². The molecule has 1 heterocycles. The maximum absolute atomic E-state index is 7.26. The summed E-state index contributed by atoms with van der Waals surface area (Å²) in [5.41, 5.74) is 14.4. The summed E-state index contributed by atoms with van der Waals surface area (Å²) in [5, 5.41) is 9.51. The number of aryl methyl sites for hydroxylation is 2. The second-order valence-electron chi connectivity index (χ2n) is 17.2. The van der Waals surface area contributed by atoms with Gasteiger partial charge in [-0.15, -0.1) is 0 Å². The predicted molar refractivity (Wildman–Crippen MR) is 264 cm³/mol. The topological polar surface area (TPSA) is 0 Å². The van der Waals surface area contributed by atoms with Gasteiger partial charge in [-0.2, -0.15) is 0 Å². The predicted octanol–water partition coefficient (Wildman–Crippen LogP) is 9.61. The Balaban J connectivity index is 1.21. The van der Waals surface area contributed by atoms with E-state index in [4.69, 9.17) is 11.8 Å². The summed E-state index contributed by atoms with van der Waals surface area (Å²) < 4.78 is 0. The number of benzene rings is 9. The molecule has 0 N–H and O–H groups in total. The molecule has 2 aliphatic carbocycles. The fourth-order valence-corrected chi connectivity index (χ4v) is 23.3. The van der Waals surface area contributed by atoms with Crippen LogP contribution in [0.15, 0.2) is 218 Å². The van der Waals surface area contributed by atoms with Crippen molar-refractivity contribution >= 4 is 62.6 Å². The first-order valence-corrected chi connectivity index (χ1v) is 26.2. The highest BCUT2D eigenvalue weighted by Crippen LogP contribution is 2.62. The molecular formula is C58H43PSSi. The van der Waals surface area contributed by atoms with Crippen LogP contribution in [0.4, 0.5) is 0 Å². The van der Waals surface area contributed by atoms with Gasteiger partial charge in [0.05, 0.1) is 5.41 Å². The Hall–Kier alpha value is -6.15. The molecule has 1 atom stereocenters. The van der Waals surface area contributed by atoms with E-state index in [0.29, 0.717) is 0 Å². The van der Waals surface area contributed by atoms with Gasteiger partial charge in [-0.1, -0.05) is 241 Å². The third kappa shape index (κ3) is 4.90. The molecule has 0 aromatic heterocycles. The van der Waals surface area contributed by atoms with Crippen molar-refractivity contribution in [3.05, 3.63) is 268 Å². The molecule has 290 valence electrons. The molecule has 12 rings (SSSR count). The van der Waals surface area contributed by atoms with E-state index in [1.807, 2.05) is 0 Å². The first kappa shape index (κ1) is 36.7. The first-order valence-electron chi connectivity index (χ1n) is 21.4. The molecule has 9 aromatic rings. The summed E-state index contributed by atoms with van der Waals surface area (Å²) >= 11 is 7.26. The SMILES string of the molecule is Cc1ccc2c(c1)C1(c3ccccc3-c3ccccc31)c1cc(C)ccc1C2c1ccc2c(c1)[Si](c1ccccc1)(c1ccccc1)c1ccccc1P2(=S)c1ccccc1. The summed E-state index contributed by atoms with van der Waals surface area (Å²) in [6, 6.07) is 81.0. The normalized spacial score (nSPS) is 17.3. The fraction of sp³-hybridized carbons (Fsp3) is 0.0690. The molecule has 0 saturated heterocycles. The lowest BCUT2D eigenvalue weighted by Gasteiger charge is -2.46. The molecule has 0 radical (unpaired) electrons. The first-order chi connectivity index (χ1) is 30.0. The zero-order valence-electron chi connectivity index (χ0n) is 34.2. The fourth-order valence-electron chi connectivity index (χ4n) is 11.7. The van der Waals surface area contributed by atoms with E-state index < -0.39 is 19.5 Å². The second kappa shape index (κ2) is 13.7. The highest BCUT2D eigenvalue weighted by molar-refractivity contribution is 8.26. The van der Waals surface area contributed by atoms with Crippen molar-refractivity contribution in [1.82, 2.24) is 0 Å². The molecule has 61 heavy (non-hydrogen) atoms. The average Bonchev–Trinajstić information content (AvgIpc) is 3.61. The minimum atomic E-state index is -2.96. The smallest absolute Gasteiger partial charge is 0.0826 e.